The molecule has 2 aliphatic heterocycles. The molecule has 0 bridgehead atoms. The molecule has 2 atom stereocenters. The summed E-state index contributed by atoms with van der Waals surface area (Å²) in [7, 11) is 0. The SMILES string of the molecule is CC(C)(C)OC(=O)NC1CCC2CCCN2C1=O. The molecule has 1 N–H and O–H groups in total. The topological polar surface area (TPSA) is 58.6 Å². The highest BCUT2D eigenvalue weighted by atomic mass is 16.6. The second-order valence-electron chi connectivity index (χ2n) is 6.10. The summed E-state index contributed by atoms with van der Waals surface area (Å²) < 4.78 is 5.18. The van der Waals surface area contributed by atoms with Gasteiger partial charge in [0.2, 0.25) is 5.91 Å². The van der Waals surface area contributed by atoms with E-state index in [1.807, 2.05) is 25.7 Å². The predicted molar refractivity (Wildman–Crippen MR) is 67.1 cm³/mol. The van der Waals surface area contributed by atoms with Crippen molar-refractivity contribution < 1.29 is 14.3 Å². The Morgan fingerprint density at radius 2 is 2.06 bits per heavy atom. The molecule has 18 heavy (non-hydrogen) atoms. The van der Waals surface area contributed by atoms with Crippen molar-refractivity contribution >= 4 is 12.0 Å². The zero-order chi connectivity index (χ0) is 13.3. The Kier molecular flexibility index (Phi) is 3.50. The highest BCUT2D eigenvalue weighted by Crippen LogP contribution is 2.27. The standard InChI is InChI=1S/C13H22N2O3/c1-13(2,3)18-12(17)14-10-7-6-9-5-4-8-15(9)11(10)16/h9-10H,4-8H2,1-3H3,(H,14,17). The third kappa shape index (κ3) is 2.94. The number of ether oxygens (including phenoxy) is 1. The van der Waals surface area contributed by atoms with Crippen molar-refractivity contribution in [3.8, 4) is 0 Å². The van der Waals surface area contributed by atoms with Gasteiger partial charge in [0.1, 0.15) is 11.6 Å². The number of carbonyl (C=O) groups excluding carboxylic acids is 2. The lowest BCUT2D eigenvalue weighted by Gasteiger charge is -2.35. The van der Waals surface area contributed by atoms with E-state index in [0.717, 1.165) is 32.2 Å². The van der Waals surface area contributed by atoms with Crippen LogP contribution in [0.25, 0.3) is 0 Å². The first-order valence-corrected chi connectivity index (χ1v) is 6.67. The maximum absolute atomic E-state index is 12.2. The lowest BCUT2D eigenvalue weighted by atomic mass is 9.98. The number of hydrogen-bond acceptors (Lipinski definition) is 3. The van der Waals surface area contributed by atoms with Crippen LogP contribution in [0.3, 0.4) is 0 Å². The fraction of sp³-hybridized carbons (Fsp3) is 0.846. The van der Waals surface area contributed by atoms with Crippen molar-refractivity contribution in [2.24, 2.45) is 0 Å². The average molecular weight is 254 g/mol. The summed E-state index contributed by atoms with van der Waals surface area (Å²) in [6, 6.07) is -0.0108. The van der Waals surface area contributed by atoms with Crippen molar-refractivity contribution in [1.82, 2.24) is 10.2 Å². The zero-order valence-corrected chi connectivity index (χ0v) is 11.4. The van der Waals surface area contributed by atoms with Gasteiger partial charge in [-0.3, -0.25) is 4.79 Å². The molecule has 0 radical (unpaired) electrons. The molecular formula is C13H22N2O3. The van der Waals surface area contributed by atoms with E-state index in [4.69, 9.17) is 4.74 Å². The van der Waals surface area contributed by atoms with Gasteiger partial charge in [-0.25, -0.2) is 4.79 Å². The Labute approximate surface area is 108 Å². The molecule has 0 aromatic carbocycles. The number of carbonyl (C=O) groups is 2. The van der Waals surface area contributed by atoms with E-state index in [-0.39, 0.29) is 5.91 Å². The van der Waals surface area contributed by atoms with Gasteiger partial charge in [-0.05, 0) is 46.5 Å². The van der Waals surface area contributed by atoms with Crippen molar-refractivity contribution in [2.45, 2.75) is 64.1 Å². The van der Waals surface area contributed by atoms with Crippen molar-refractivity contribution in [1.29, 1.82) is 0 Å². The molecule has 2 saturated heterocycles. The van der Waals surface area contributed by atoms with E-state index < -0.39 is 17.7 Å². The Morgan fingerprint density at radius 3 is 2.72 bits per heavy atom. The normalized spacial score (nSPS) is 27.9. The summed E-state index contributed by atoms with van der Waals surface area (Å²) in [6.07, 6.45) is 3.38. The molecule has 0 aliphatic carbocycles. The highest BCUT2D eigenvalue weighted by Gasteiger charge is 2.38. The van der Waals surface area contributed by atoms with Crippen LogP contribution in [0, 0.1) is 0 Å². The predicted octanol–water partition coefficient (Wildman–Crippen LogP) is 1.66. The molecule has 5 heteroatoms. The molecule has 5 nitrogen and oxygen atoms in total. The van der Waals surface area contributed by atoms with Crippen LogP contribution in [0.4, 0.5) is 4.79 Å². The minimum atomic E-state index is -0.530. The molecule has 2 amide bonds. The van der Waals surface area contributed by atoms with Gasteiger partial charge < -0.3 is 15.0 Å². The van der Waals surface area contributed by atoms with Gasteiger partial charge in [-0.1, -0.05) is 0 Å². The molecule has 2 fully saturated rings. The van der Waals surface area contributed by atoms with E-state index in [0.29, 0.717) is 6.04 Å². The second kappa shape index (κ2) is 4.78. The van der Waals surface area contributed by atoms with Crippen LogP contribution in [-0.2, 0) is 9.53 Å². The average Bonchev–Trinajstić information content (AvgIpc) is 2.68. The number of piperidine rings is 1. The van der Waals surface area contributed by atoms with Crippen LogP contribution in [0.2, 0.25) is 0 Å². The molecule has 2 heterocycles. The van der Waals surface area contributed by atoms with E-state index >= 15 is 0 Å². The largest absolute Gasteiger partial charge is 0.444 e. The van der Waals surface area contributed by atoms with Crippen molar-refractivity contribution in [3.05, 3.63) is 0 Å². The number of fused-ring (bicyclic) bond motifs is 1. The van der Waals surface area contributed by atoms with Gasteiger partial charge in [0, 0.05) is 12.6 Å². The number of nitrogens with zero attached hydrogens (tertiary/aromatic N) is 1. The van der Waals surface area contributed by atoms with E-state index in [2.05, 4.69) is 5.32 Å². The van der Waals surface area contributed by atoms with E-state index in [9.17, 15) is 9.59 Å². The Hall–Kier alpha value is -1.26. The summed E-state index contributed by atoms with van der Waals surface area (Å²) in [5.74, 6) is 0.0506. The molecule has 0 aromatic rings. The molecule has 102 valence electrons. The maximum atomic E-state index is 12.2. The van der Waals surface area contributed by atoms with Crippen molar-refractivity contribution in [3.63, 3.8) is 0 Å². The Balaban J connectivity index is 1.90. The lowest BCUT2D eigenvalue weighted by molar-refractivity contribution is -0.137. The molecule has 0 aromatic heterocycles. The third-order valence-electron chi connectivity index (χ3n) is 3.44. The molecule has 2 unspecified atom stereocenters. The first kappa shape index (κ1) is 13.2. The van der Waals surface area contributed by atoms with Crippen LogP contribution >= 0.6 is 0 Å². The summed E-state index contributed by atoms with van der Waals surface area (Å²) in [4.78, 5) is 25.7. The van der Waals surface area contributed by atoms with Crippen LogP contribution in [-0.4, -0.2) is 41.1 Å². The Morgan fingerprint density at radius 1 is 1.33 bits per heavy atom. The molecule has 2 aliphatic rings. The smallest absolute Gasteiger partial charge is 0.408 e. The summed E-state index contributed by atoms with van der Waals surface area (Å²) in [5.41, 5.74) is -0.530. The summed E-state index contributed by atoms with van der Waals surface area (Å²) >= 11 is 0. The third-order valence-corrected chi connectivity index (χ3v) is 3.44. The van der Waals surface area contributed by atoms with Crippen LogP contribution in [0.5, 0.6) is 0 Å². The first-order chi connectivity index (χ1) is 8.37. The van der Waals surface area contributed by atoms with Gasteiger partial charge in [0.05, 0.1) is 0 Å². The molecular weight excluding hydrogens is 232 g/mol. The van der Waals surface area contributed by atoms with Gasteiger partial charge in [-0.2, -0.15) is 0 Å². The molecule has 0 spiro atoms. The quantitative estimate of drug-likeness (QED) is 0.774. The monoisotopic (exact) mass is 254 g/mol. The lowest BCUT2D eigenvalue weighted by Crippen LogP contribution is -2.54. The fourth-order valence-corrected chi connectivity index (χ4v) is 2.69. The van der Waals surface area contributed by atoms with Gasteiger partial charge in [-0.15, -0.1) is 0 Å². The van der Waals surface area contributed by atoms with Gasteiger partial charge in [0.15, 0.2) is 0 Å². The maximum Gasteiger partial charge on any atom is 0.408 e. The highest BCUT2D eigenvalue weighted by molar-refractivity contribution is 5.86. The van der Waals surface area contributed by atoms with Crippen LogP contribution in [0.15, 0.2) is 0 Å². The van der Waals surface area contributed by atoms with Crippen molar-refractivity contribution in [2.75, 3.05) is 6.54 Å². The zero-order valence-electron chi connectivity index (χ0n) is 11.4. The Bertz CT molecular complexity index is 349. The minimum Gasteiger partial charge on any atom is -0.444 e. The second-order valence-corrected chi connectivity index (χ2v) is 6.10. The number of hydrogen-bond donors (Lipinski definition) is 1. The number of nitrogens with one attached hydrogen (secondary N) is 1. The first-order valence-electron chi connectivity index (χ1n) is 6.67. The minimum absolute atomic E-state index is 0.0506. The van der Waals surface area contributed by atoms with Crippen LogP contribution in [0.1, 0.15) is 46.5 Å². The summed E-state index contributed by atoms with van der Waals surface area (Å²) in [5, 5.41) is 2.69. The van der Waals surface area contributed by atoms with E-state index in [1.54, 1.807) is 0 Å². The van der Waals surface area contributed by atoms with Crippen LogP contribution < -0.4 is 5.32 Å². The van der Waals surface area contributed by atoms with E-state index in [1.165, 1.54) is 0 Å². The number of amides is 2. The summed E-state index contributed by atoms with van der Waals surface area (Å²) in [6.45, 7) is 6.26. The number of rotatable bonds is 1. The number of alkyl carbamates (subject to hydrolysis) is 1. The molecule has 2 rings (SSSR count). The van der Waals surface area contributed by atoms with Gasteiger partial charge >= 0.3 is 6.09 Å². The molecule has 0 saturated carbocycles. The fourth-order valence-electron chi connectivity index (χ4n) is 2.69. The van der Waals surface area contributed by atoms with Gasteiger partial charge in [0.25, 0.3) is 0 Å².